The summed E-state index contributed by atoms with van der Waals surface area (Å²) in [6.45, 7) is 2.55. The number of benzene rings is 1. The van der Waals surface area contributed by atoms with Gasteiger partial charge in [0.2, 0.25) is 0 Å². The molecule has 19 heavy (non-hydrogen) atoms. The van der Waals surface area contributed by atoms with E-state index >= 15 is 0 Å². The molecule has 0 amide bonds. The Bertz CT molecular complexity index is 465. The van der Waals surface area contributed by atoms with Crippen molar-refractivity contribution in [3.05, 3.63) is 39.4 Å². The third kappa shape index (κ3) is 3.48. The molecular formula is C14H20N2O2S. The van der Waals surface area contributed by atoms with Crippen LogP contribution in [0.2, 0.25) is 0 Å². The van der Waals surface area contributed by atoms with Crippen LogP contribution in [0.5, 0.6) is 0 Å². The minimum absolute atomic E-state index is 0.215. The van der Waals surface area contributed by atoms with Crippen molar-refractivity contribution in [3.63, 3.8) is 0 Å². The molecule has 1 saturated carbocycles. The van der Waals surface area contributed by atoms with Gasteiger partial charge in [0.1, 0.15) is 0 Å². The predicted octanol–water partition coefficient (Wildman–Crippen LogP) is 3.28. The Morgan fingerprint density at radius 3 is 2.89 bits per heavy atom. The summed E-state index contributed by atoms with van der Waals surface area (Å²) in [6, 6.07) is 5.85. The highest BCUT2D eigenvalue weighted by molar-refractivity contribution is 7.99. The molecule has 1 fully saturated rings. The average Bonchev–Trinajstić information content (AvgIpc) is 2.85. The van der Waals surface area contributed by atoms with Gasteiger partial charge in [-0.1, -0.05) is 12.1 Å². The highest BCUT2D eigenvalue weighted by Crippen LogP contribution is 2.28. The largest absolute Gasteiger partial charge is 0.310 e. The van der Waals surface area contributed by atoms with E-state index in [0.717, 1.165) is 22.9 Å². The molecule has 0 saturated heterocycles. The molecule has 1 aliphatic rings. The van der Waals surface area contributed by atoms with E-state index in [-0.39, 0.29) is 10.6 Å². The first-order valence-electron chi connectivity index (χ1n) is 6.61. The predicted molar refractivity (Wildman–Crippen MR) is 79.6 cm³/mol. The van der Waals surface area contributed by atoms with E-state index in [0.29, 0.717) is 6.04 Å². The average molecular weight is 280 g/mol. The van der Waals surface area contributed by atoms with E-state index in [9.17, 15) is 10.1 Å². The number of hydrogen-bond acceptors (Lipinski definition) is 4. The number of nitro groups is 1. The van der Waals surface area contributed by atoms with Crippen LogP contribution < -0.4 is 5.32 Å². The molecular weight excluding hydrogens is 260 g/mol. The first kappa shape index (κ1) is 14.3. The fraction of sp³-hybridized carbons (Fsp3) is 0.571. The van der Waals surface area contributed by atoms with Crippen LogP contribution in [0.15, 0.2) is 18.2 Å². The quantitative estimate of drug-likeness (QED) is 0.664. The van der Waals surface area contributed by atoms with Crippen LogP contribution in [0.1, 0.15) is 30.4 Å². The normalized spacial score (nSPS) is 22.6. The molecule has 0 radical (unpaired) electrons. The van der Waals surface area contributed by atoms with Crippen molar-refractivity contribution < 1.29 is 4.92 Å². The third-order valence-corrected chi connectivity index (χ3v) is 5.01. The second kappa shape index (κ2) is 6.39. The molecule has 5 heteroatoms. The first-order valence-corrected chi connectivity index (χ1v) is 7.89. The van der Waals surface area contributed by atoms with Gasteiger partial charge in [0.05, 0.1) is 4.92 Å². The molecule has 1 aromatic carbocycles. The van der Waals surface area contributed by atoms with Crippen molar-refractivity contribution in [2.45, 2.75) is 44.0 Å². The molecule has 4 nitrogen and oxygen atoms in total. The number of nitrogens with one attached hydrogen (secondary N) is 1. The second-order valence-corrected chi connectivity index (χ2v) is 6.21. The first-order chi connectivity index (χ1) is 9.11. The molecule has 1 aromatic rings. The van der Waals surface area contributed by atoms with Gasteiger partial charge in [-0.3, -0.25) is 10.1 Å². The van der Waals surface area contributed by atoms with Crippen molar-refractivity contribution in [2.75, 3.05) is 6.26 Å². The highest BCUT2D eigenvalue weighted by Gasteiger charge is 2.23. The van der Waals surface area contributed by atoms with Crippen LogP contribution in [0, 0.1) is 17.0 Å². The second-order valence-electron chi connectivity index (χ2n) is 5.07. The monoisotopic (exact) mass is 280 g/mol. The Balaban J connectivity index is 1.97. The molecule has 2 atom stereocenters. The molecule has 104 valence electrons. The summed E-state index contributed by atoms with van der Waals surface area (Å²) in [5.74, 6) is 0. The van der Waals surface area contributed by atoms with E-state index in [1.165, 1.54) is 19.3 Å². The number of nitrogens with zero attached hydrogens (tertiary/aromatic N) is 1. The van der Waals surface area contributed by atoms with Gasteiger partial charge in [0.15, 0.2) is 0 Å². The third-order valence-electron chi connectivity index (χ3n) is 3.91. The Kier molecular flexibility index (Phi) is 4.82. The van der Waals surface area contributed by atoms with Crippen LogP contribution in [-0.2, 0) is 6.54 Å². The lowest BCUT2D eigenvalue weighted by Crippen LogP contribution is -2.26. The highest BCUT2D eigenvalue weighted by atomic mass is 32.2. The van der Waals surface area contributed by atoms with Crippen LogP contribution >= 0.6 is 11.8 Å². The van der Waals surface area contributed by atoms with E-state index in [1.807, 2.05) is 24.8 Å². The van der Waals surface area contributed by atoms with Gasteiger partial charge in [-0.05, 0) is 38.0 Å². The number of thioether (sulfide) groups is 1. The van der Waals surface area contributed by atoms with Gasteiger partial charge in [-0.15, -0.1) is 0 Å². The number of hydrogen-bond donors (Lipinski definition) is 1. The van der Waals surface area contributed by atoms with Crippen molar-refractivity contribution in [2.24, 2.45) is 0 Å². The van der Waals surface area contributed by atoms with Crippen LogP contribution in [0.3, 0.4) is 0 Å². The van der Waals surface area contributed by atoms with Gasteiger partial charge >= 0.3 is 0 Å². The molecule has 2 unspecified atom stereocenters. The van der Waals surface area contributed by atoms with E-state index in [2.05, 4.69) is 11.6 Å². The lowest BCUT2D eigenvalue weighted by Gasteiger charge is -2.14. The van der Waals surface area contributed by atoms with Crippen molar-refractivity contribution in [3.8, 4) is 0 Å². The Labute approximate surface area is 118 Å². The maximum atomic E-state index is 10.9. The topological polar surface area (TPSA) is 55.2 Å². The van der Waals surface area contributed by atoms with Gasteiger partial charge in [-0.25, -0.2) is 0 Å². The number of rotatable bonds is 5. The minimum Gasteiger partial charge on any atom is -0.310 e. The van der Waals surface area contributed by atoms with Gasteiger partial charge < -0.3 is 5.32 Å². The summed E-state index contributed by atoms with van der Waals surface area (Å²) in [4.78, 5) is 10.6. The molecule has 1 N–H and O–H groups in total. The van der Waals surface area contributed by atoms with Crippen molar-refractivity contribution in [1.82, 2.24) is 5.32 Å². The summed E-state index contributed by atoms with van der Waals surface area (Å²) in [6.07, 6.45) is 5.85. The summed E-state index contributed by atoms with van der Waals surface area (Å²) in [7, 11) is 0. The Morgan fingerprint density at radius 1 is 1.47 bits per heavy atom. The molecule has 0 aliphatic heterocycles. The molecule has 0 aromatic heterocycles. The number of nitro benzene ring substituents is 1. The van der Waals surface area contributed by atoms with Crippen LogP contribution in [0.25, 0.3) is 0 Å². The van der Waals surface area contributed by atoms with E-state index < -0.39 is 0 Å². The zero-order valence-electron chi connectivity index (χ0n) is 11.4. The maximum Gasteiger partial charge on any atom is 0.272 e. The summed E-state index contributed by atoms with van der Waals surface area (Å²) < 4.78 is 0. The Hall–Kier alpha value is -1.07. The molecule has 0 spiro atoms. The van der Waals surface area contributed by atoms with E-state index in [4.69, 9.17) is 0 Å². The summed E-state index contributed by atoms with van der Waals surface area (Å²) in [5, 5.41) is 15.2. The summed E-state index contributed by atoms with van der Waals surface area (Å²) >= 11 is 1.94. The summed E-state index contributed by atoms with van der Waals surface area (Å²) in [5.41, 5.74) is 2.02. The molecule has 2 rings (SSSR count). The lowest BCUT2D eigenvalue weighted by atomic mass is 10.1. The zero-order chi connectivity index (χ0) is 13.8. The molecule has 0 bridgehead atoms. The van der Waals surface area contributed by atoms with Crippen molar-refractivity contribution >= 4 is 17.4 Å². The van der Waals surface area contributed by atoms with Crippen LogP contribution in [0.4, 0.5) is 5.69 Å². The van der Waals surface area contributed by atoms with E-state index in [1.54, 1.807) is 12.1 Å². The smallest absolute Gasteiger partial charge is 0.272 e. The fourth-order valence-electron chi connectivity index (χ4n) is 2.65. The standard InChI is InChI=1S/C14H20N2O2S/c1-10-11(4-3-5-14(10)16(17)18)9-15-12-6-7-13(8-12)19-2/h3-5,12-13,15H,6-9H2,1-2H3. The maximum absolute atomic E-state index is 10.9. The lowest BCUT2D eigenvalue weighted by molar-refractivity contribution is -0.385. The van der Waals surface area contributed by atoms with Gasteiger partial charge in [0, 0.05) is 29.5 Å². The van der Waals surface area contributed by atoms with Crippen molar-refractivity contribution in [1.29, 1.82) is 0 Å². The molecule has 1 aliphatic carbocycles. The fourth-order valence-corrected chi connectivity index (χ4v) is 3.45. The Morgan fingerprint density at radius 2 is 2.26 bits per heavy atom. The SMILES string of the molecule is CSC1CCC(NCc2cccc([N+](=O)[O-])c2C)C1. The zero-order valence-corrected chi connectivity index (χ0v) is 12.2. The minimum atomic E-state index is -0.307. The molecule has 0 heterocycles. The van der Waals surface area contributed by atoms with Gasteiger partial charge in [0.25, 0.3) is 5.69 Å². The van der Waals surface area contributed by atoms with Gasteiger partial charge in [-0.2, -0.15) is 11.8 Å². The van der Waals surface area contributed by atoms with Crippen LogP contribution in [-0.4, -0.2) is 22.5 Å².